The minimum atomic E-state index is -0.215. The molecule has 0 aliphatic carbocycles. The Bertz CT molecular complexity index is 540. The van der Waals surface area contributed by atoms with Crippen molar-refractivity contribution in [3.63, 3.8) is 0 Å². The fourth-order valence-corrected chi connectivity index (χ4v) is 1.89. The molecule has 0 saturated carbocycles. The van der Waals surface area contributed by atoms with Gasteiger partial charge in [0.15, 0.2) is 0 Å². The molecule has 1 aliphatic rings. The maximum absolute atomic E-state index is 11.8. The van der Waals surface area contributed by atoms with E-state index in [1.807, 2.05) is 0 Å². The molecule has 1 aromatic carbocycles. The van der Waals surface area contributed by atoms with E-state index in [-0.39, 0.29) is 17.7 Å². The molecule has 0 bridgehead atoms. The zero-order valence-corrected chi connectivity index (χ0v) is 10.6. The van der Waals surface area contributed by atoms with E-state index < -0.39 is 0 Å². The Labute approximate surface area is 110 Å². The van der Waals surface area contributed by atoms with Crippen molar-refractivity contribution in [1.82, 2.24) is 10.6 Å². The summed E-state index contributed by atoms with van der Waals surface area (Å²) in [6.07, 6.45) is 0.308. The summed E-state index contributed by atoms with van der Waals surface area (Å²) in [5.74, 6) is -0.401. The number of benzene rings is 1. The Morgan fingerprint density at radius 1 is 1.26 bits per heavy atom. The van der Waals surface area contributed by atoms with Crippen molar-refractivity contribution in [2.24, 2.45) is 0 Å². The van der Waals surface area contributed by atoms with E-state index in [4.69, 9.17) is 0 Å². The minimum Gasteiger partial charge on any atom is -0.355 e. The summed E-state index contributed by atoms with van der Waals surface area (Å²) in [6.45, 7) is 2.19. The molecule has 0 atom stereocenters. The van der Waals surface area contributed by atoms with Crippen LogP contribution in [0.2, 0.25) is 0 Å². The van der Waals surface area contributed by atoms with Crippen LogP contribution in [0, 0.1) is 0 Å². The molecule has 0 fully saturated rings. The molecule has 100 valence electrons. The summed E-state index contributed by atoms with van der Waals surface area (Å²) in [4.78, 5) is 33.7. The number of carbonyl (C=O) groups is 3. The third-order valence-corrected chi connectivity index (χ3v) is 2.78. The van der Waals surface area contributed by atoms with Gasteiger partial charge in [0, 0.05) is 31.3 Å². The molecule has 0 radical (unpaired) electrons. The average molecular weight is 261 g/mol. The van der Waals surface area contributed by atoms with Crippen molar-refractivity contribution in [3.8, 4) is 0 Å². The van der Waals surface area contributed by atoms with E-state index in [1.165, 1.54) is 6.92 Å². The van der Waals surface area contributed by atoms with Crippen LogP contribution in [0.25, 0.3) is 0 Å². The highest BCUT2D eigenvalue weighted by molar-refractivity contribution is 6.01. The number of rotatable bonds is 4. The summed E-state index contributed by atoms with van der Waals surface area (Å²) >= 11 is 0. The van der Waals surface area contributed by atoms with E-state index in [0.29, 0.717) is 25.1 Å². The highest BCUT2D eigenvalue weighted by atomic mass is 16.2. The van der Waals surface area contributed by atoms with Crippen molar-refractivity contribution < 1.29 is 14.4 Å². The van der Waals surface area contributed by atoms with Crippen molar-refractivity contribution in [1.29, 1.82) is 0 Å². The highest BCUT2D eigenvalue weighted by Gasteiger charge is 2.18. The standard InChI is InChI=1S/C13H15N3O3/c1-8(17)14-4-5-15-13(19)9-2-3-11-10(6-9)7-12(18)16-11/h2-3,6H,4-5,7H2,1H3,(H,14,17)(H,15,19)(H,16,18). The van der Waals surface area contributed by atoms with Crippen LogP contribution >= 0.6 is 0 Å². The van der Waals surface area contributed by atoms with Gasteiger partial charge < -0.3 is 16.0 Å². The second-order valence-electron chi connectivity index (χ2n) is 4.34. The molecule has 0 spiro atoms. The van der Waals surface area contributed by atoms with Crippen molar-refractivity contribution in [2.75, 3.05) is 18.4 Å². The predicted octanol–water partition coefficient (Wildman–Crippen LogP) is 0.0471. The van der Waals surface area contributed by atoms with E-state index in [1.54, 1.807) is 18.2 Å². The summed E-state index contributed by atoms with van der Waals surface area (Å²) in [5, 5.41) is 8.00. The van der Waals surface area contributed by atoms with E-state index in [2.05, 4.69) is 16.0 Å². The molecule has 0 saturated heterocycles. The van der Waals surface area contributed by atoms with Gasteiger partial charge in [0.05, 0.1) is 6.42 Å². The van der Waals surface area contributed by atoms with Crippen LogP contribution in [0.15, 0.2) is 18.2 Å². The third kappa shape index (κ3) is 3.31. The second-order valence-corrected chi connectivity index (χ2v) is 4.34. The first-order valence-electron chi connectivity index (χ1n) is 6.01. The third-order valence-electron chi connectivity index (χ3n) is 2.78. The zero-order chi connectivity index (χ0) is 13.8. The first kappa shape index (κ1) is 13.1. The van der Waals surface area contributed by atoms with Gasteiger partial charge in [-0.15, -0.1) is 0 Å². The molecule has 1 heterocycles. The Morgan fingerprint density at radius 3 is 2.74 bits per heavy atom. The molecule has 6 heteroatoms. The molecule has 3 amide bonds. The molecule has 1 aliphatic heterocycles. The van der Waals surface area contributed by atoms with Crippen molar-refractivity contribution in [3.05, 3.63) is 29.3 Å². The Morgan fingerprint density at radius 2 is 2.00 bits per heavy atom. The van der Waals surface area contributed by atoms with E-state index >= 15 is 0 Å². The number of hydrogen-bond donors (Lipinski definition) is 3. The molecule has 0 aromatic heterocycles. The molecule has 3 N–H and O–H groups in total. The van der Waals surface area contributed by atoms with Gasteiger partial charge in [0.2, 0.25) is 11.8 Å². The Balaban J connectivity index is 1.91. The van der Waals surface area contributed by atoms with Crippen LogP contribution in [0.4, 0.5) is 5.69 Å². The highest BCUT2D eigenvalue weighted by Crippen LogP contribution is 2.23. The van der Waals surface area contributed by atoms with E-state index in [0.717, 1.165) is 11.3 Å². The lowest BCUT2D eigenvalue weighted by Gasteiger charge is -2.07. The SMILES string of the molecule is CC(=O)NCCNC(=O)c1ccc2c(c1)CC(=O)N2. The summed E-state index contributed by atoms with van der Waals surface area (Å²) < 4.78 is 0. The smallest absolute Gasteiger partial charge is 0.251 e. The second kappa shape index (κ2) is 5.51. The Kier molecular flexibility index (Phi) is 3.79. The number of amides is 3. The van der Waals surface area contributed by atoms with Gasteiger partial charge in [-0.05, 0) is 23.8 Å². The lowest BCUT2D eigenvalue weighted by atomic mass is 10.1. The van der Waals surface area contributed by atoms with Crippen LogP contribution in [0.5, 0.6) is 0 Å². The van der Waals surface area contributed by atoms with Crippen LogP contribution in [0.1, 0.15) is 22.8 Å². The monoisotopic (exact) mass is 261 g/mol. The van der Waals surface area contributed by atoms with Crippen molar-refractivity contribution >= 4 is 23.4 Å². The maximum Gasteiger partial charge on any atom is 0.251 e. The molecule has 2 rings (SSSR count). The Hall–Kier alpha value is -2.37. The van der Waals surface area contributed by atoms with Gasteiger partial charge in [-0.2, -0.15) is 0 Å². The van der Waals surface area contributed by atoms with Crippen LogP contribution < -0.4 is 16.0 Å². The maximum atomic E-state index is 11.8. The van der Waals surface area contributed by atoms with E-state index in [9.17, 15) is 14.4 Å². The topological polar surface area (TPSA) is 87.3 Å². The minimum absolute atomic E-state index is 0.0572. The number of nitrogens with one attached hydrogen (secondary N) is 3. The first-order valence-corrected chi connectivity index (χ1v) is 6.01. The van der Waals surface area contributed by atoms with Crippen molar-refractivity contribution in [2.45, 2.75) is 13.3 Å². The van der Waals surface area contributed by atoms with Gasteiger partial charge in [-0.1, -0.05) is 0 Å². The lowest BCUT2D eigenvalue weighted by Crippen LogP contribution is -2.33. The van der Waals surface area contributed by atoms with Crippen LogP contribution in [-0.2, 0) is 16.0 Å². The van der Waals surface area contributed by atoms with Gasteiger partial charge in [-0.25, -0.2) is 0 Å². The number of anilines is 1. The van der Waals surface area contributed by atoms with Crippen LogP contribution in [0.3, 0.4) is 0 Å². The lowest BCUT2D eigenvalue weighted by molar-refractivity contribution is -0.119. The van der Waals surface area contributed by atoms with Gasteiger partial charge in [0.1, 0.15) is 0 Å². The fourth-order valence-electron chi connectivity index (χ4n) is 1.89. The molecule has 6 nitrogen and oxygen atoms in total. The average Bonchev–Trinajstić information content (AvgIpc) is 2.73. The number of carbonyl (C=O) groups excluding carboxylic acids is 3. The predicted molar refractivity (Wildman–Crippen MR) is 69.8 cm³/mol. The molecular formula is C13H15N3O3. The summed E-state index contributed by atoms with van der Waals surface area (Å²) in [5.41, 5.74) is 2.11. The van der Waals surface area contributed by atoms with Gasteiger partial charge in [-0.3, -0.25) is 14.4 Å². The summed E-state index contributed by atoms with van der Waals surface area (Å²) in [7, 11) is 0. The molecule has 0 unspecified atom stereocenters. The molecular weight excluding hydrogens is 246 g/mol. The van der Waals surface area contributed by atoms with Gasteiger partial charge >= 0.3 is 0 Å². The number of hydrogen-bond acceptors (Lipinski definition) is 3. The first-order chi connectivity index (χ1) is 9.06. The number of fused-ring (bicyclic) bond motifs is 1. The normalized spacial score (nSPS) is 12.6. The fraction of sp³-hybridized carbons (Fsp3) is 0.308. The molecule has 19 heavy (non-hydrogen) atoms. The molecule has 1 aromatic rings. The van der Waals surface area contributed by atoms with Crippen LogP contribution in [-0.4, -0.2) is 30.8 Å². The summed E-state index contributed by atoms with van der Waals surface area (Å²) in [6, 6.07) is 5.10. The zero-order valence-electron chi connectivity index (χ0n) is 10.6. The largest absolute Gasteiger partial charge is 0.355 e. The van der Waals surface area contributed by atoms with Gasteiger partial charge in [0.25, 0.3) is 5.91 Å². The quantitative estimate of drug-likeness (QED) is 0.669.